The summed E-state index contributed by atoms with van der Waals surface area (Å²) in [6.07, 6.45) is 60.8. The third-order valence-electron chi connectivity index (χ3n) is 11.0. The normalized spacial score (nSPS) is 12.5. The summed E-state index contributed by atoms with van der Waals surface area (Å²) in [5.41, 5.74) is 0. The Balaban J connectivity index is 4.50. The summed E-state index contributed by atoms with van der Waals surface area (Å²) in [6.45, 7) is 6.53. The van der Waals surface area contributed by atoms with Crippen molar-refractivity contribution in [3.8, 4) is 0 Å². The second kappa shape index (κ2) is 49.8. The van der Waals surface area contributed by atoms with Crippen molar-refractivity contribution in [1.29, 1.82) is 0 Å². The van der Waals surface area contributed by atoms with Gasteiger partial charge >= 0.3 is 17.9 Å². The number of rotatable bonds is 46. The fourth-order valence-electron chi connectivity index (χ4n) is 7.07. The lowest BCUT2D eigenvalue weighted by atomic mass is 10.1. The summed E-state index contributed by atoms with van der Waals surface area (Å²) < 4.78 is 16.7. The van der Waals surface area contributed by atoms with E-state index in [2.05, 4.69) is 75.5 Å². The molecule has 1 atom stereocenters. The molecule has 61 heavy (non-hydrogen) atoms. The smallest absolute Gasteiger partial charge is 0.306 e. The average molecular weight is 853 g/mol. The van der Waals surface area contributed by atoms with E-state index < -0.39 is 6.10 Å². The molecular weight excluding hydrogens is 757 g/mol. The molecule has 0 aromatic carbocycles. The Labute approximate surface area is 377 Å². The van der Waals surface area contributed by atoms with Crippen molar-refractivity contribution in [2.45, 2.75) is 258 Å². The van der Waals surface area contributed by atoms with E-state index in [-0.39, 0.29) is 37.5 Å². The van der Waals surface area contributed by atoms with Gasteiger partial charge in [-0.05, 0) is 89.9 Å². The van der Waals surface area contributed by atoms with Gasteiger partial charge in [0.05, 0.1) is 0 Å². The van der Waals surface area contributed by atoms with Crippen molar-refractivity contribution >= 4 is 17.9 Å². The lowest BCUT2D eigenvalue weighted by Gasteiger charge is -2.18. The Kier molecular flexibility index (Phi) is 47.4. The number of hydrogen-bond acceptors (Lipinski definition) is 6. The largest absolute Gasteiger partial charge is 0.462 e. The molecule has 0 aliphatic heterocycles. The first-order valence-electron chi connectivity index (χ1n) is 25.8. The van der Waals surface area contributed by atoms with Gasteiger partial charge in [0.1, 0.15) is 13.2 Å². The van der Waals surface area contributed by atoms with E-state index in [1.54, 1.807) is 0 Å². The number of ether oxygens (including phenoxy) is 3. The molecule has 1 unspecified atom stereocenters. The lowest BCUT2D eigenvalue weighted by molar-refractivity contribution is -0.166. The van der Waals surface area contributed by atoms with Gasteiger partial charge in [-0.2, -0.15) is 0 Å². The van der Waals surface area contributed by atoms with Crippen LogP contribution in [0.5, 0.6) is 0 Å². The molecule has 0 aliphatic carbocycles. The molecule has 6 nitrogen and oxygen atoms in total. The van der Waals surface area contributed by atoms with E-state index in [1.165, 1.54) is 128 Å². The zero-order valence-electron chi connectivity index (χ0n) is 40.2. The van der Waals surface area contributed by atoms with Crippen molar-refractivity contribution in [1.82, 2.24) is 0 Å². The molecule has 0 aromatic heterocycles. The molecule has 0 N–H and O–H groups in total. The highest BCUT2D eigenvalue weighted by molar-refractivity contribution is 5.71. The lowest BCUT2D eigenvalue weighted by Crippen LogP contribution is -2.30. The Morgan fingerprint density at radius 2 is 0.672 bits per heavy atom. The maximum atomic E-state index is 12.8. The van der Waals surface area contributed by atoms with Crippen molar-refractivity contribution in [3.63, 3.8) is 0 Å². The molecule has 0 saturated heterocycles. The van der Waals surface area contributed by atoms with Gasteiger partial charge in [-0.15, -0.1) is 0 Å². The van der Waals surface area contributed by atoms with Crippen LogP contribution in [-0.2, 0) is 28.6 Å². The second-order valence-electron chi connectivity index (χ2n) is 17.1. The monoisotopic (exact) mass is 853 g/mol. The third-order valence-corrected chi connectivity index (χ3v) is 11.0. The first kappa shape index (κ1) is 58.1. The minimum atomic E-state index is -0.814. The van der Waals surface area contributed by atoms with Crippen LogP contribution in [0, 0.1) is 0 Å². The fourth-order valence-corrected chi connectivity index (χ4v) is 7.07. The average Bonchev–Trinajstić information content (AvgIpc) is 3.26. The molecule has 0 bridgehead atoms. The third kappa shape index (κ3) is 48.0. The van der Waals surface area contributed by atoms with Gasteiger partial charge in [0.2, 0.25) is 0 Å². The zero-order chi connectivity index (χ0) is 44.4. The Morgan fingerprint density at radius 1 is 0.344 bits per heavy atom. The van der Waals surface area contributed by atoms with E-state index in [0.717, 1.165) is 77.0 Å². The molecule has 0 radical (unpaired) electrons. The predicted octanol–water partition coefficient (Wildman–Crippen LogP) is 16.9. The van der Waals surface area contributed by atoms with Crippen LogP contribution in [0.25, 0.3) is 0 Å². The first-order chi connectivity index (χ1) is 30.0. The zero-order valence-corrected chi connectivity index (χ0v) is 40.2. The van der Waals surface area contributed by atoms with Crippen LogP contribution in [0.4, 0.5) is 0 Å². The summed E-state index contributed by atoms with van der Waals surface area (Å²) in [7, 11) is 0. The fraction of sp³-hybridized carbons (Fsp3) is 0.764. The highest BCUT2D eigenvalue weighted by Crippen LogP contribution is 2.13. The molecule has 0 aromatic rings. The van der Waals surface area contributed by atoms with Crippen LogP contribution < -0.4 is 0 Å². The molecule has 6 heteroatoms. The molecule has 0 amide bonds. The Hall–Kier alpha value is -2.89. The van der Waals surface area contributed by atoms with Crippen LogP contribution in [-0.4, -0.2) is 37.2 Å². The molecule has 0 spiro atoms. The van der Waals surface area contributed by atoms with E-state index in [9.17, 15) is 14.4 Å². The maximum absolute atomic E-state index is 12.8. The number of carbonyl (C=O) groups is 3. The Bertz CT molecular complexity index is 1120. The number of allylic oxidation sites excluding steroid dienone is 10. The summed E-state index contributed by atoms with van der Waals surface area (Å²) in [4.78, 5) is 37.9. The summed E-state index contributed by atoms with van der Waals surface area (Å²) in [6, 6.07) is 0. The minimum Gasteiger partial charge on any atom is -0.462 e. The molecule has 0 rings (SSSR count). The molecule has 0 fully saturated rings. The quantitative estimate of drug-likeness (QED) is 0.0200. The summed E-state index contributed by atoms with van der Waals surface area (Å²) >= 11 is 0. The molecule has 0 aliphatic rings. The van der Waals surface area contributed by atoms with Crippen LogP contribution in [0.1, 0.15) is 252 Å². The molecule has 352 valence electrons. The van der Waals surface area contributed by atoms with Gasteiger partial charge in [0.25, 0.3) is 0 Å². The topological polar surface area (TPSA) is 78.9 Å². The van der Waals surface area contributed by atoms with E-state index in [4.69, 9.17) is 14.2 Å². The standard InChI is InChI=1S/C55H96O6/c1-4-7-10-13-16-19-22-25-27-28-31-33-36-39-42-45-48-54(57)60-51-52(50-59-53(56)47-44-41-38-35-32-29-24-21-18-15-12-9-6-3)61-55(58)49-46-43-40-37-34-30-26-23-20-17-14-11-8-5-2/h27-34,38,41,52H,4-26,35-37,39-40,42-51H2,1-3H3/b28-27+,32-29+,33-31+,34-30+,41-38+. The predicted molar refractivity (Wildman–Crippen MR) is 261 cm³/mol. The second-order valence-corrected chi connectivity index (χ2v) is 17.1. The highest BCUT2D eigenvalue weighted by Gasteiger charge is 2.19. The van der Waals surface area contributed by atoms with E-state index in [0.29, 0.717) is 19.3 Å². The minimum absolute atomic E-state index is 0.111. The highest BCUT2D eigenvalue weighted by atomic mass is 16.6. The van der Waals surface area contributed by atoms with Crippen LogP contribution in [0.3, 0.4) is 0 Å². The van der Waals surface area contributed by atoms with Crippen LogP contribution in [0.15, 0.2) is 60.8 Å². The van der Waals surface area contributed by atoms with E-state index >= 15 is 0 Å². The van der Waals surface area contributed by atoms with Gasteiger partial charge in [0.15, 0.2) is 6.10 Å². The van der Waals surface area contributed by atoms with Gasteiger partial charge in [-0.25, -0.2) is 0 Å². The van der Waals surface area contributed by atoms with E-state index in [1.807, 2.05) is 6.08 Å². The number of unbranched alkanes of at least 4 members (excludes halogenated alkanes) is 26. The first-order valence-corrected chi connectivity index (χ1v) is 25.8. The van der Waals surface area contributed by atoms with Crippen molar-refractivity contribution in [2.75, 3.05) is 13.2 Å². The number of carbonyl (C=O) groups excluding carboxylic acids is 3. The van der Waals surface area contributed by atoms with Gasteiger partial charge in [-0.1, -0.05) is 204 Å². The molecular formula is C55H96O6. The SMILES string of the molecule is CCCCCCCC/C=C/C/C=C/CCC(=O)OCC(COC(=O)CCCCC/C=C/C=C/CCCCCCCCC)OC(=O)CCCCC/C=C/CCCCCCCCC. The summed E-state index contributed by atoms with van der Waals surface area (Å²) in [5.74, 6) is -1.02. The van der Waals surface area contributed by atoms with Crippen LogP contribution in [0.2, 0.25) is 0 Å². The van der Waals surface area contributed by atoms with Crippen molar-refractivity contribution in [2.24, 2.45) is 0 Å². The summed E-state index contributed by atoms with van der Waals surface area (Å²) in [5, 5.41) is 0. The van der Waals surface area contributed by atoms with Crippen LogP contribution >= 0.6 is 0 Å². The number of esters is 3. The molecule has 0 heterocycles. The number of hydrogen-bond donors (Lipinski definition) is 0. The van der Waals surface area contributed by atoms with Crippen molar-refractivity contribution < 1.29 is 28.6 Å². The Morgan fingerprint density at radius 3 is 1.11 bits per heavy atom. The van der Waals surface area contributed by atoms with Crippen molar-refractivity contribution in [3.05, 3.63) is 60.8 Å². The van der Waals surface area contributed by atoms with Gasteiger partial charge in [0, 0.05) is 19.3 Å². The molecule has 0 saturated carbocycles. The van der Waals surface area contributed by atoms with Gasteiger partial charge in [-0.3, -0.25) is 14.4 Å². The van der Waals surface area contributed by atoms with Gasteiger partial charge < -0.3 is 14.2 Å². The maximum Gasteiger partial charge on any atom is 0.306 e.